The van der Waals surface area contributed by atoms with Crippen LogP contribution in [0.5, 0.6) is 0 Å². The van der Waals surface area contributed by atoms with Gasteiger partial charge in [-0.25, -0.2) is 4.79 Å². The molecule has 0 saturated carbocycles. The van der Waals surface area contributed by atoms with Gasteiger partial charge in [-0.1, -0.05) is 0 Å². The lowest BCUT2D eigenvalue weighted by atomic mass is 10.5. The van der Waals surface area contributed by atoms with Crippen molar-refractivity contribution in [3.05, 3.63) is 0 Å². The van der Waals surface area contributed by atoms with Gasteiger partial charge >= 0.3 is 6.03 Å². The number of amides is 2. The van der Waals surface area contributed by atoms with E-state index in [0.717, 1.165) is 11.8 Å². The molecule has 0 atom stereocenters. The molecule has 0 radical (unpaired) electrons. The summed E-state index contributed by atoms with van der Waals surface area (Å²) in [5, 5.41) is 20.3. The van der Waals surface area contributed by atoms with Crippen LogP contribution in [-0.4, -0.2) is 40.1 Å². The van der Waals surface area contributed by atoms with E-state index in [2.05, 4.69) is 5.32 Å². The van der Waals surface area contributed by atoms with Gasteiger partial charge in [0.1, 0.15) is 0 Å². The molecule has 1 heterocycles. The van der Waals surface area contributed by atoms with Gasteiger partial charge in [-0.2, -0.15) is 0 Å². The molecule has 0 spiro atoms. The lowest BCUT2D eigenvalue weighted by Crippen LogP contribution is -2.47. The molecule has 1 saturated heterocycles. The first-order chi connectivity index (χ1) is 4.52. The van der Waals surface area contributed by atoms with Crippen LogP contribution in [0.3, 0.4) is 0 Å². The molecule has 0 aromatic rings. The fraction of sp³-hybridized carbons (Fsp3) is 0.800. The Kier molecular flexibility index (Phi) is 1.53. The zero-order chi connectivity index (χ0) is 7.78. The molecule has 0 unspecified atom stereocenters. The van der Waals surface area contributed by atoms with Gasteiger partial charge in [0.2, 0.25) is 5.91 Å². The summed E-state index contributed by atoms with van der Waals surface area (Å²) in [6, 6.07) is -0.437. The van der Waals surface area contributed by atoms with E-state index >= 15 is 0 Å². The Hall–Kier alpha value is -0.810. The molecule has 0 bridgehead atoms. The molecule has 10 heavy (non-hydrogen) atoms. The van der Waals surface area contributed by atoms with Crippen molar-refractivity contribution in [2.24, 2.45) is 0 Å². The number of nitrogens with one attached hydrogen (secondary N) is 1. The Morgan fingerprint density at radius 1 is 1.70 bits per heavy atom. The summed E-state index contributed by atoms with van der Waals surface area (Å²) >= 11 is 0. The molecule has 1 fully saturated rings. The third-order valence-corrected chi connectivity index (χ3v) is 1.37. The molecular weight excluding hydrogens is 136 g/mol. The molecule has 5 nitrogen and oxygen atoms in total. The van der Waals surface area contributed by atoms with Gasteiger partial charge in [0.15, 0.2) is 0 Å². The molecular formula is C5H10N2O3. The quantitative estimate of drug-likeness (QED) is 0.401. The Morgan fingerprint density at radius 2 is 2.30 bits per heavy atom. The number of carbonyl (C=O) groups excluding carboxylic acids is 1. The highest BCUT2D eigenvalue weighted by atomic mass is 16.5. The molecule has 1 rings (SSSR count). The molecule has 0 aliphatic carbocycles. The molecule has 0 aromatic carbocycles. The summed E-state index contributed by atoms with van der Waals surface area (Å²) < 4.78 is 0. The Morgan fingerprint density at radius 3 is 2.50 bits per heavy atom. The second kappa shape index (κ2) is 2.10. The van der Waals surface area contributed by atoms with E-state index in [0.29, 0.717) is 13.1 Å². The van der Waals surface area contributed by atoms with Gasteiger partial charge in [0.05, 0.1) is 0 Å². The largest absolute Gasteiger partial charge is 0.349 e. The van der Waals surface area contributed by atoms with Crippen molar-refractivity contribution < 1.29 is 15.0 Å². The third kappa shape index (κ3) is 1.19. The maximum Gasteiger partial charge on any atom is 0.321 e. The lowest BCUT2D eigenvalue weighted by molar-refractivity contribution is -0.225. The van der Waals surface area contributed by atoms with E-state index in [1.165, 1.54) is 0 Å². The predicted octanol–water partition coefficient (Wildman–Crippen LogP) is -1.33. The van der Waals surface area contributed by atoms with Crippen LogP contribution in [-0.2, 0) is 0 Å². The summed E-state index contributed by atoms with van der Waals surface area (Å²) in [4.78, 5) is 11.7. The molecule has 2 amide bonds. The number of hydrogen-bond donors (Lipinski definition) is 3. The minimum Gasteiger partial charge on any atom is -0.349 e. The van der Waals surface area contributed by atoms with Crippen LogP contribution in [0.25, 0.3) is 0 Å². The normalized spacial score (nSPS) is 19.5. The molecule has 58 valence electrons. The van der Waals surface area contributed by atoms with E-state index in [9.17, 15) is 4.79 Å². The highest BCUT2D eigenvalue weighted by Gasteiger charge is 2.33. The number of rotatable bonds is 1. The minimum atomic E-state index is -2.03. The average molecular weight is 146 g/mol. The van der Waals surface area contributed by atoms with Gasteiger partial charge < -0.3 is 15.5 Å². The lowest BCUT2D eigenvalue weighted by Gasteiger charge is -2.26. The van der Waals surface area contributed by atoms with E-state index in [1.807, 2.05) is 0 Å². The second-order valence-corrected chi connectivity index (χ2v) is 2.35. The zero-order valence-corrected chi connectivity index (χ0v) is 5.66. The van der Waals surface area contributed by atoms with Crippen molar-refractivity contribution in [2.45, 2.75) is 12.8 Å². The van der Waals surface area contributed by atoms with Crippen LogP contribution in [0, 0.1) is 0 Å². The number of carbonyl (C=O) groups is 1. The minimum absolute atomic E-state index is 0.336. The monoisotopic (exact) mass is 146 g/mol. The molecule has 1 aliphatic heterocycles. The average Bonchev–Trinajstić information content (AvgIpc) is 2.11. The number of nitrogens with zero attached hydrogens (tertiary/aromatic N) is 1. The van der Waals surface area contributed by atoms with Crippen LogP contribution >= 0.6 is 0 Å². The van der Waals surface area contributed by atoms with E-state index in [1.54, 1.807) is 0 Å². The topological polar surface area (TPSA) is 72.8 Å². The van der Waals surface area contributed by atoms with Crippen LogP contribution in [0.1, 0.15) is 6.92 Å². The van der Waals surface area contributed by atoms with Crippen molar-refractivity contribution in [1.82, 2.24) is 10.2 Å². The highest BCUT2D eigenvalue weighted by Crippen LogP contribution is 2.09. The third-order valence-electron chi connectivity index (χ3n) is 1.37. The second-order valence-electron chi connectivity index (χ2n) is 2.35. The van der Waals surface area contributed by atoms with Gasteiger partial charge in [0, 0.05) is 20.0 Å². The number of aliphatic hydroxyl groups is 2. The van der Waals surface area contributed by atoms with Crippen LogP contribution in [0.4, 0.5) is 4.79 Å². The first-order valence-corrected chi connectivity index (χ1v) is 3.02. The standard InChI is InChI=1S/C5H10N2O3/c1-5(9,10)7-3-2-6-4(7)8/h9-10H,2-3H2,1H3,(H,6,8). The predicted molar refractivity (Wildman–Crippen MR) is 32.9 cm³/mol. The zero-order valence-electron chi connectivity index (χ0n) is 5.66. The van der Waals surface area contributed by atoms with Crippen LogP contribution in [0.15, 0.2) is 0 Å². The SMILES string of the molecule is CC(O)(O)N1CCNC1=O. The van der Waals surface area contributed by atoms with Crippen molar-refractivity contribution >= 4 is 6.03 Å². The molecule has 1 aliphatic rings. The first kappa shape index (κ1) is 7.30. The van der Waals surface area contributed by atoms with Gasteiger partial charge in [-0.3, -0.25) is 4.90 Å². The van der Waals surface area contributed by atoms with Crippen LogP contribution < -0.4 is 5.32 Å². The highest BCUT2D eigenvalue weighted by molar-refractivity contribution is 5.76. The van der Waals surface area contributed by atoms with Crippen molar-refractivity contribution in [2.75, 3.05) is 13.1 Å². The Balaban J connectivity index is 2.64. The summed E-state index contributed by atoms with van der Waals surface area (Å²) in [5.74, 6) is -2.03. The molecule has 5 heteroatoms. The van der Waals surface area contributed by atoms with Gasteiger partial charge in [0.25, 0.3) is 0 Å². The summed E-state index contributed by atoms with van der Waals surface area (Å²) in [5.41, 5.74) is 0. The Bertz CT molecular complexity index is 151. The Labute approximate surface area is 58.3 Å². The summed E-state index contributed by atoms with van der Waals surface area (Å²) in [6.07, 6.45) is 0. The van der Waals surface area contributed by atoms with Crippen molar-refractivity contribution in [3.63, 3.8) is 0 Å². The fourth-order valence-electron chi connectivity index (χ4n) is 0.876. The summed E-state index contributed by atoms with van der Waals surface area (Å²) in [6.45, 7) is 1.95. The number of urea groups is 1. The van der Waals surface area contributed by atoms with Gasteiger partial charge in [-0.15, -0.1) is 0 Å². The smallest absolute Gasteiger partial charge is 0.321 e. The maximum atomic E-state index is 10.7. The van der Waals surface area contributed by atoms with Crippen molar-refractivity contribution in [3.8, 4) is 0 Å². The van der Waals surface area contributed by atoms with Crippen LogP contribution in [0.2, 0.25) is 0 Å². The van der Waals surface area contributed by atoms with E-state index < -0.39 is 11.9 Å². The molecule has 0 aromatic heterocycles. The first-order valence-electron chi connectivity index (χ1n) is 3.02. The van der Waals surface area contributed by atoms with Gasteiger partial charge in [-0.05, 0) is 0 Å². The number of hydrogen-bond acceptors (Lipinski definition) is 3. The fourth-order valence-corrected chi connectivity index (χ4v) is 0.876. The summed E-state index contributed by atoms with van der Waals surface area (Å²) in [7, 11) is 0. The van der Waals surface area contributed by atoms with Crippen molar-refractivity contribution in [1.29, 1.82) is 0 Å². The van der Waals surface area contributed by atoms with E-state index in [4.69, 9.17) is 10.2 Å². The maximum absolute atomic E-state index is 10.7. The molecule has 3 N–H and O–H groups in total. The van der Waals surface area contributed by atoms with E-state index in [-0.39, 0.29) is 0 Å².